The van der Waals surface area contributed by atoms with Crippen molar-refractivity contribution in [2.45, 2.75) is 26.4 Å². The highest BCUT2D eigenvalue weighted by molar-refractivity contribution is 9.10. The van der Waals surface area contributed by atoms with Crippen LogP contribution in [0.15, 0.2) is 16.6 Å². The highest BCUT2D eigenvalue weighted by Gasteiger charge is 2.21. The molecule has 4 nitrogen and oxygen atoms in total. The molecule has 1 unspecified atom stereocenters. The van der Waals surface area contributed by atoms with Gasteiger partial charge >= 0.3 is 0 Å². The number of ether oxygens (including phenoxy) is 2. The largest absolute Gasteiger partial charge is 0.488 e. The van der Waals surface area contributed by atoms with Gasteiger partial charge in [0, 0.05) is 30.3 Å². The molecule has 1 aliphatic heterocycles. The highest BCUT2D eigenvalue weighted by Crippen LogP contribution is 2.36. The van der Waals surface area contributed by atoms with Crippen LogP contribution in [0.5, 0.6) is 5.75 Å². The Morgan fingerprint density at radius 1 is 1.41 bits per heavy atom. The molecule has 22 heavy (non-hydrogen) atoms. The summed E-state index contributed by atoms with van der Waals surface area (Å²) in [7, 11) is 1.86. The second kappa shape index (κ2) is 6.01. The fourth-order valence-electron chi connectivity index (χ4n) is 2.78. The minimum Gasteiger partial charge on any atom is -0.488 e. The van der Waals surface area contributed by atoms with Gasteiger partial charge < -0.3 is 9.47 Å². The first-order chi connectivity index (χ1) is 10.5. The van der Waals surface area contributed by atoms with Crippen molar-refractivity contribution in [3.05, 3.63) is 33.8 Å². The first-order valence-corrected chi connectivity index (χ1v) is 8.00. The average Bonchev–Trinajstić information content (AvgIpc) is 3.04. The zero-order valence-corrected chi connectivity index (χ0v) is 14.4. The molecule has 2 heterocycles. The number of halogens is 2. The number of hydrogen-bond donors (Lipinski definition) is 0. The lowest BCUT2D eigenvalue weighted by Gasteiger charge is -2.14. The summed E-state index contributed by atoms with van der Waals surface area (Å²) >= 11 is 3.29. The van der Waals surface area contributed by atoms with Gasteiger partial charge in [0.15, 0.2) is 0 Å². The van der Waals surface area contributed by atoms with Crippen LogP contribution in [0.2, 0.25) is 0 Å². The Morgan fingerprint density at radius 3 is 2.77 bits per heavy atom. The maximum absolute atomic E-state index is 14.6. The van der Waals surface area contributed by atoms with Crippen molar-refractivity contribution in [2.75, 3.05) is 13.2 Å². The van der Waals surface area contributed by atoms with Crippen molar-refractivity contribution in [2.24, 2.45) is 7.05 Å². The Balaban J connectivity index is 2.04. The van der Waals surface area contributed by atoms with Crippen molar-refractivity contribution in [1.29, 1.82) is 0 Å². The van der Waals surface area contributed by atoms with Crippen molar-refractivity contribution in [1.82, 2.24) is 9.78 Å². The van der Waals surface area contributed by atoms with Gasteiger partial charge in [0.05, 0.1) is 23.4 Å². The van der Waals surface area contributed by atoms with Crippen LogP contribution in [-0.4, -0.2) is 29.1 Å². The molecule has 0 radical (unpaired) electrons. The fraction of sp³-hybridized carbons (Fsp3) is 0.438. The van der Waals surface area contributed by atoms with Crippen molar-refractivity contribution >= 4 is 15.9 Å². The minimum atomic E-state index is -0.297. The number of hydrogen-bond acceptors (Lipinski definition) is 3. The lowest BCUT2D eigenvalue weighted by Crippen LogP contribution is -2.15. The van der Waals surface area contributed by atoms with Crippen LogP contribution in [-0.2, 0) is 11.8 Å². The molecule has 0 saturated carbocycles. The molecular weight excluding hydrogens is 351 g/mol. The van der Waals surface area contributed by atoms with Crippen LogP contribution in [0.3, 0.4) is 0 Å². The number of nitrogens with zero attached hydrogens (tertiary/aromatic N) is 2. The van der Waals surface area contributed by atoms with E-state index >= 15 is 0 Å². The minimum absolute atomic E-state index is 0.0290. The molecule has 0 bridgehead atoms. The van der Waals surface area contributed by atoms with Crippen LogP contribution in [0, 0.1) is 19.7 Å². The molecule has 2 aromatic rings. The maximum Gasteiger partial charge on any atom is 0.145 e. The third kappa shape index (κ3) is 2.77. The number of benzene rings is 1. The van der Waals surface area contributed by atoms with Crippen molar-refractivity contribution in [3.63, 3.8) is 0 Å². The summed E-state index contributed by atoms with van der Waals surface area (Å²) in [5.74, 6) is 0.343. The Labute approximate surface area is 137 Å². The predicted octanol–water partition coefficient (Wildman–Crippen LogP) is 3.77. The zero-order chi connectivity index (χ0) is 15.9. The quantitative estimate of drug-likeness (QED) is 0.827. The maximum atomic E-state index is 14.6. The lowest BCUT2D eigenvalue weighted by molar-refractivity contribution is 0.141. The highest BCUT2D eigenvalue weighted by atomic mass is 79.9. The molecule has 118 valence electrons. The average molecular weight is 369 g/mol. The van der Waals surface area contributed by atoms with Gasteiger partial charge in [-0.25, -0.2) is 4.39 Å². The van der Waals surface area contributed by atoms with E-state index in [0.29, 0.717) is 29.0 Å². The summed E-state index contributed by atoms with van der Waals surface area (Å²) in [5.41, 5.74) is 3.04. The van der Waals surface area contributed by atoms with Gasteiger partial charge in [0.2, 0.25) is 0 Å². The molecule has 0 aliphatic carbocycles. The number of aromatic nitrogens is 2. The van der Waals surface area contributed by atoms with E-state index in [4.69, 9.17) is 9.47 Å². The van der Waals surface area contributed by atoms with Gasteiger partial charge in [0.1, 0.15) is 17.7 Å². The van der Waals surface area contributed by atoms with Gasteiger partial charge in [-0.1, -0.05) is 0 Å². The summed E-state index contributed by atoms with van der Waals surface area (Å²) < 4.78 is 28.0. The predicted molar refractivity (Wildman–Crippen MR) is 85.6 cm³/mol. The second-order valence-corrected chi connectivity index (χ2v) is 6.39. The fourth-order valence-corrected chi connectivity index (χ4v) is 3.22. The monoisotopic (exact) mass is 368 g/mol. The first-order valence-electron chi connectivity index (χ1n) is 7.21. The third-order valence-electron chi connectivity index (χ3n) is 3.97. The number of rotatable bonds is 3. The molecule has 0 amide bonds. The van der Waals surface area contributed by atoms with E-state index < -0.39 is 0 Å². The Bertz CT molecular complexity index is 709. The first kappa shape index (κ1) is 15.5. The molecule has 1 aliphatic rings. The molecule has 1 aromatic heterocycles. The lowest BCUT2D eigenvalue weighted by atomic mass is 10.0. The van der Waals surface area contributed by atoms with Gasteiger partial charge in [-0.05, 0) is 41.9 Å². The number of aryl methyl sites for hydroxylation is 2. The van der Waals surface area contributed by atoms with Crippen LogP contribution in [0.25, 0.3) is 11.1 Å². The van der Waals surface area contributed by atoms with E-state index in [1.807, 2.05) is 20.9 Å². The summed E-state index contributed by atoms with van der Waals surface area (Å²) in [4.78, 5) is 0. The van der Waals surface area contributed by atoms with Crippen molar-refractivity contribution in [3.8, 4) is 16.9 Å². The molecule has 1 fully saturated rings. The van der Waals surface area contributed by atoms with Gasteiger partial charge in [-0.3, -0.25) is 4.68 Å². The zero-order valence-electron chi connectivity index (χ0n) is 12.8. The van der Waals surface area contributed by atoms with E-state index in [2.05, 4.69) is 21.0 Å². The molecule has 3 rings (SSSR count). The standard InChI is InChI=1S/C16H18BrFN2O2/c1-9-15(10(2)20(3)19-9)13-6-12(7-14(17)16(13)18)22-11-4-5-21-8-11/h6-7,11H,4-5,8H2,1-3H3. The normalized spacial score (nSPS) is 18.0. The van der Waals surface area contributed by atoms with Gasteiger partial charge in [-0.15, -0.1) is 0 Å². The Kier molecular flexibility index (Phi) is 4.23. The molecular formula is C16H18BrFN2O2. The summed E-state index contributed by atoms with van der Waals surface area (Å²) in [5, 5.41) is 4.36. The van der Waals surface area contributed by atoms with Crippen LogP contribution in [0.1, 0.15) is 17.8 Å². The smallest absolute Gasteiger partial charge is 0.145 e. The molecule has 1 saturated heterocycles. The van der Waals surface area contributed by atoms with Crippen molar-refractivity contribution < 1.29 is 13.9 Å². The SMILES string of the molecule is Cc1nn(C)c(C)c1-c1cc(OC2CCOC2)cc(Br)c1F. The third-order valence-corrected chi connectivity index (χ3v) is 4.55. The molecule has 1 aromatic carbocycles. The van der Waals surface area contributed by atoms with Gasteiger partial charge in [0.25, 0.3) is 0 Å². The molecule has 0 spiro atoms. The molecule has 0 N–H and O–H groups in total. The van der Waals surface area contributed by atoms with E-state index in [0.717, 1.165) is 23.4 Å². The summed E-state index contributed by atoms with van der Waals surface area (Å²) in [6.07, 6.45) is 0.885. The topological polar surface area (TPSA) is 36.3 Å². The molecule has 1 atom stereocenters. The Morgan fingerprint density at radius 2 is 2.18 bits per heavy atom. The van der Waals surface area contributed by atoms with E-state index in [-0.39, 0.29) is 11.9 Å². The Hall–Kier alpha value is -1.40. The summed E-state index contributed by atoms with van der Waals surface area (Å²) in [6, 6.07) is 3.41. The molecule has 6 heteroatoms. The van der Waals surface area contributed by atoms with Crippen LogP contribution >= 0.6 is 15.9 Å². The van der Waals surface area contributed by atoms with Crippen LogP contribution < -0.4 is 4.74 Å². The van der Waals surface area contributed by atoms with E-state index in [1.165, 1.54) is 0 Å². The van der Waals surface area contributed by atoms with E-state index in [1.54, 1.807) is 16.8 Å². The summed E-state index contributed by atoms with van der Waals surface area (Å²) in [6.45, 7) is 5.10. The van der Waals surface area contributed by atoms with Crippen LogP contribution in [0.4, 0.5) is 4.39 Å². The van der Waals surface area contributed by atoms with E-state index in [9.17, 15) is 4.39 Å². The second-order valence-electron chi connectivity index (χ2n) is 5.54. The van der Waals surface area contributed by atoms with Gasteiger partial charge in [-0.2, -0.15) is 5.10 Å².